The van der Waals surface area contributed by atoms with Crippen LogP contribution >= 0.6 is 0 Å². The van der Waals surface area contributed by atoms with E-state index in [0.29, 0.717) is 55.1 Å². The lowest BCUT2D eigenvalue weighted by atomic mass is 9.92. The molecule has 2 fully saturated rings. The predicted molar refractivity (Wildman–Crippen MR) is 445 cm³/mol. The van der Waals surface area contributed by atoms with Crippen molar-refractivity contribution in [2.45, 2.75) is 233 Å². The van der Waals surface area contributed by atoms with E-state index in [1.165, 1.54) is 23.8 Å². The minimum Gasteiger partial charge on any atom is -0.483 e. The maximum atomic E-state index is 13.9. The number of rotatable bonds is 27. The van der Waals surface area contributed by atoms with Gasteiger partial charge in [-0.3, -0.25) is 14.4 Å². The topological polar surface area (TPSA) is 428 Å². The van der Waals surface area contributed by atoms with Gasteiger partial charge >= 0.3 is 48.9 Å². The molecule has 666 valence electrons. The van der Waals surface area contributed by atoms with Gasteiger partial charge in [-0.15, -0.1) is 0 Å². The van der Waals surface area contributed by atoms with Gasteiger partial charge in [0.1, 0.15) is 96.1 Å². The van der Waals surface area contributed by atoms with Crippen molar-refractivity contribution < 1.29 is 99.0 Å². The number of amides is 3. The molecule has 8 heterocycles. The first-order valence-corrected chi connectivity index (χ1v) is 40.3. The molecule has 31 nitrogen and oxygen atoms in total. The highest BCUT2D eigenvalue weighted by Gasteiger charge is 2.39. The number of aliphatic carboxylic acids is 2. The van der Waals surface area contributed by atoms with Gasteiger partial charge in [0.05, 0.1) is 0 Å². The molecule has 4 aliphatic heterocycles. The van der Waals surface area contributed by atoms with Crippen LogP contribution in [-0.2, 0) is 86.6 Å². The lowest BCUT2D eigenvalue weighted by Crippen LogP contribution is -2.55. The van der Waals surface area contributed by atoms with Crippen molar-refractivity contribution in [3.63, 3.8) is 0 Å². The second kappa shape index (κ2) is 50.0. The summed E-state index contributed by atoms with van der Waals surface area (Å²) in [5.74, 6) is 0.871. The Morgan fingerprint density at radius 3 is 1.31 bits per heavy atom. The molecular formula is C84H118F6N16O15. The van der Waals surface area contributed by atoms with Gasteiger partial charge in [0.15, 0.2) is 0 Å². The normalized spacial score (nSPS) is 14.9. The summed E-state index contributed by atoms with van der Waals surface area (Å²) in [7, 11) is 0. The van der Waals surface area contributed by atoms with Crippen LogP contribution in [0.25, 0.3) is 0 Å². The summed E-state index contributed by atoms with van der Waals surface area (Å²) in [4.78, 5) is 125. The molecule has 0 spiro atoms. The molecule has 3 amide bonds. The third-order valence-corrected chi connectivity index (χ3v) is 18.8. The molecule has 2 saturated heterocycles. The molecule has 2 aromatic carbocycles. The molecule has 37 heteroatoms. The molecule has 10 rings (SSSR count). The maximum absolute atomic E-state index is 13.9. The molecular weight excluding hydrogens is 1590 g/mol. The highest BCUT2D eigenvalue weighted by Crippen LogP contribution is 2.36. The van der Waals surface area contributed by atoms with Crippen LogP contribution in [-0.4, -0.2) is 194 Å². The number of carboxylic acids is 2. The Morgan fingerprint density at radius 1 is 0.570 bits per heavy atom. The van der Waals surface area contributed by atoms with Crippen LogP contribution < -0.4 is 52.8 Å². The number of carboxylic acid groups (broad SMARTS) is 3. The monoisotopic (exact) mass is 1700 g/mol. The Morgan fingerprint density at radius 2 is 0.950 bits per heavy atom. The lowest BCUT2D eigenvalue weighted by Gasteiger charge is -2.34. The number of pyridine rings is 2. The van der Waals surface area contributed by atoms with E-state index in [2.05, 4.69) is 86.2 Å². The Balaban J connectivity index is 0.000000335. The van der Waals surface area contributed by atoms with Crippen LogP contribution in [0.5, 0.6) is 0 Å². The molecule has 4 atom stereocenters. The minimum absolute atomic E-state index is 0.0153. The van der Waals surface area contributed by atoms with E-state index < -0.39 is 84.2 Å². The number of aryl methyl sites for hydroxylation is 2. The molecule has 0 aliphatic carbocycles. The highest BCUT2D eigenvalue weighted by atomic mass is 19.4. The van der Waals surface area contributed by atoms with Crippen LogP contribution in [0.2, 0.25) is 0 Å². The number of esters is 2. The van der Waals surface area contributed by atoms with Crippen LogP contribution in [0.3, 0.4) is 0 Å². The summed E-state index contributed by atoms with van der Waals surface area (Å²) in [5.41, 5.74) is 12.8. The average Bonchev–Trinajstić information content (AvgIpc) is 0.809. The number of hydrogen-bond donors (Lipinski definition) is 11. The zero-order valence-corrected chi connectivity index (χ0v) is 70.7. The van der Waals surface area contributed by atoms with E-state index in [4.69, 9.17) is 59.4 Å². The average molecular weight is 1710 g/mol. The number of fused-ring (bicyclic) bond motifs is 2. The number of nitrogens with two attached hydrogens (primary N) is 1. The number of halogens is 6. The van der Waals surface area contributed by atoms with Gasteiger partial charge in [-0.05, 0) is 165 Å². The molecule has 6 aromatic rings. The summed E-state index contributed by atoms with van der Waals surface area (Å²) in [6.45, 7) is 24.3. The van der Waals surface area contributed by atoms with Gasteiger partial charge in [-0.2, -0.15) is 26.3 Å². The number of nitrogens with zero attached hydrogens (tertiary/aromatic N) is 8. The highest BCUT2D eigenvalue weighted by molar-refractivity contribution is 5.90. The van der Waals surface area contributed by atoms with Crippen LogP contribution in [0.15, 0.2) is 97.6 Å². The first kappa shape index (κ1) is 100. The van der Waals surface area contributed by atoms with Crippen LogP contribution in [0, 0.1) is 11.8 Å². The molecule has 0 saturated carbocycles. The fourth-order valence-corrected chi connectivity index (χ4v) is 13.2. The quantitative estimate of drug-likeness (QED) is 0.00987. The van der Waals surface area contributed by atoms with Gasteiger partial charge in [-0.1, -0.05) is 114 Å². The SMILES string of the molecule is CC(C)C[C@H](N)C(=O)OC(C)(C)C.CCc1c(NC[C@H](NC(=O)OCc2ccccc2)C(=O)N[C@@H](CC(C)C)C(=O)OC(C)(C)C)ncnc1N1CCC(c2ccc3c(n2)NCCC3)CC1.CCc1c(NC[C@H](NC(=O)OCc2ccccc2)C(=O)O)ncnc1N1CCC(c2ccc3c(n2)NCCC3)CC1.FC(F)F.O=C(O)C(F)(F)F.O=CO. The van der Waals surface area contributed by atoms with Crippen molar-refractivity contribution in [3.05, 3.63) is 142 Å². The second-order valence-electron chi connectivity index (χ2n) is 31.6. The minimum atomic E-state index is -5.08. The van der Waals surface area contributed by atoms with E-state index in [1.807, 2.05) is 123 Å². The molecule has 4 aromatic heterocycles. The smallest absolute Gasteiger partial charge is 0.483 e. The number of alkyl halides is 6. The Labute approximate surface area is 702 Å². The molecule has 0 bridgehead atoms. The number of nitrogens with one attached hydrogen (secondary N) is 7. The Kier molecular flexibility index (Phi) is 41.4. The van der Waals surface area contributed by atoms with Gasteiger partial charge in [0, 0.05) is 86.7 Å². The zero-order chi connectivity index (χ0) is 89.6. The Hall–Kier alpha value is -11.4. The summed E-state index contributed by atoms with van der Waals surface area (Å²) in [6, 6.07) is 23.6. The number of alkyl carbamates (subject to hydrolysis) is 2. The number of ether oxygens (including phenoxy) is 4. The van der Waals surface area contributed by atoms with Crippen molar-refractivity contribution in [1.82, 2.24) is 45.9 Å². The number of benzene rings is 2. The summed E-state index contributed by atoms with van der Waals surface area (Å²) < 4.78 is 82.2. The van der Waals surface area contributed by atoms with Crippen molar-refractivity contribution in [2.75, 3.05) is 83.4 Å². The number of aromatic nitrogens is 6. The first-order valence-electron chi connectivity index (χ1n) is 40.3. The third-order valence-electron chi connectivity index (χ3n) is 18.8. The standard InChI is InChI=1S/C40H56N8O5.C30H37N7O4.C10H21NO2.C2HF3O2.CHF3.CH2O2/c1-7-30-35(43-25-44-36(30)48-20-17-28(18-21-48)31-16-15-29-14-11-19-41-34(29)45-31)42-23-33(47-39(51)52-24-27-12-9-8-10-13-27)37(49)46-32(22-26(2)3)38(50)53-40(4,5)6;1-2-23-27(32-17-25(29(38)39)36-30(40)41-18-20-7-4-3-5-8-20)33-19-34-28(23)37-15-12-21(13-16-37)24-11-10-22-9-6-14-31-26(22)35-24;1-7(2)6-8(11)9(12)13-10(3,4)5;3-2(4,5)1(6)7;2-1(3)4;2-1-3/h8-10,12-13,15-16,25-26,28,32-33H,7,11,14,17-24H2,1-6H3,(H,41,45)(H,46,49)(H,47,51)(H,42,43,44);3-5,7-8,10-11,19,21,25H,2,6,9,12-18H2,1H3,(H,31,35)(H,36,40)(H,38,39)(H,32,33,34);7-8H,6,11H2,1-5H3;(H,6,7);1H;1H,(H,2,3)/t32-,33-;25-;8-;;;/m000.../s1. The van der Waals surface area contributed by atoms with E-state index in [-0.39, 0.29) is 44.7 Å². The Bertz CT molecular complexity index is 4230. The zero-order valence-electron chi connectivity index (χ0n) is 70.7. The van der Waals surface area contributed by atoms with Crippen molar-refractivity contribution in [2.24, 2.45) is 17.6 Å². The van der Waals surface area contributed by atoms with E-state index >= 15 is 0 Å². The van der Waals surface area contributed by atoms with Crippen LogP contribution in [0.1, 0.15) is 191 Å². The third kappa shape index (κ3) is 36.2. The van der Waals surface area contributed by atoms with Gasteiger partial charge < -0.3 is 87.0 Å². The van der Waals surface area contributed by atoms with Crippen LogP contribution in [0.4, 0.5) is 70.8 Å². The summed E-state index contributed by atoms with van der Waals surface area (Å²) in [5, 5.41) is 45.0. The number of piperidine rings is 2. The number of carbonyl (C=O) groups is 8. The molecule has 4 aliphatic rings. The molecule has 121 heavy (non-hydrogen) atoms. The summed E-state index contributed by atoms with van der Waals surface area (Å²) >= 11 is 0. The molecule has 0 radical (unpaired) electrons. The van der Waals surface area contributed by atoms with Crippen molar-refractivity contribution in [1.29, 1.82) is 0 Å². The number of anilines is 6. The molecule has 0 unspecified atom stereocenters. The lowest BCUT2D eigenvalue weighted by molar-refractivity contribution is -0.192. The van der Waals surface area contributed by atoms with Gasteiger partial charge in [-0.25, -0.2) is 53.9 Å². The predicted octanol–water partition coefficient (Wildman–Crippen LogP) is 12.9. The first-order chi connectivity index (χ1) is 57.2. The second-order valence-corrected chi connectivity index (χ2v) is 31.6. The summed E-state index contributed by atoms with van der Waals surface area (Å²) in [6.07, 6.45) is 7.02. The fraction of sp³-hybridized carbons (Fsp3) is 0.548. The number of carbonyl (C=O) groups excluding carboxylic acids is 5. The van der Waals surface area contributed by atoms with E-state index in [0.717, 1.165) is 148 Å². The maximum Gasteiger partial charge on any atom is 0.490 e. The van der Waals surface area contributed by atoms with Gasteiger partial charge in [0.2, 0.25) is 5.91 Å². The van der Waals surface area contributed by atoms with E-state index in [9.17, 15) is 60.2 Å². The fourth-order valence-electron chi connectivity index (χ4n) is 13.2. The largest absolute Gasteiger partial charge is 0.490 e. The van der Waals surface area contributed by atoms with Crippen molar-refractivity contribution >= 4 is 83.4 Å². The van der Waals surface area contributed by atoms with Gasteiger partial charge in [0.25, 0.3) is 6.47 Å². The molecule has 12 N–H and O–H groups in total. The van der Waals surface area contributed by atoms with Crippen molar-refractivity contribution in [3.8, 4) is 0 Å². The number of hydrogen-bond acceptors (Lipinski definition) is 25. The van der Waals surface area contributed by atoms with E-state index in [1.54, 1.807) is 20.8 Å².